The highest BCUT2D eigenvalue weighted by Gasteiger charge is 2.18. The van der Waals surface area contributed by atoms with Crippen molar-refractivity contribution in [3.8, 4) is 0 Å². The van der Waals surface area contributed by atoms with Crippen LogP contribution >= 0.6 is 11.3 Å². The number of hydrogen-bond donors (Lipinski definition) is 3. The molecule has 1 saturated heterocycles. The lowest BCUT2D eigenvalue weighted by Crippen LogP contribution is -2.38. The van der Waals surface area contributed by atoms with Gasteiger partial charge < -0.3 is 20.4 Å². The van der Waals surface area contributed by atoms with Gasteiger partial charge in [0.1, 0.15) is 0 Å². The molecular formula is C17H21N3O3S. The lowest BCUT2D eigenvalue weighted by Gasteiger charge is -2.22. The van der Waals surface area contributed by atoms with Crippen molar-refractivity contribution < 1.29 is 14.0 Å². The van der Waals surface area contributed by atoms with Crippen molar-refractivity contribution in [2.75, 3.05) is 25.0 Å². The predicted octanol–water partition coefficient (Wildman–Crippen LogP) is 2.63. The number of amides is 2. The molecule has 7 heteroatoms. The lowest BCUT2D eigenvalue weighted by atomic mass is 10.00. The molecule has 1 aliphatic heterocycles. The molecule has 128 valence electrons. The molecule has 3 N–H and O–H groups in total. The van der Waals surface area contributed by atoms with E-state index in [9.17, 15) is 9.59 Å². The van der Waals surface area contributed by atoms with Crippen LogP contribution < -0.4 is 16.0 Å². The molecule has 0 saturated carbocycles. The fourth-order valence-corrected chi connectivity index (χ4v) is 3.75. The summed E-state index contributed by atoms with van der Waals surface area (Å²) in [7, 11) is 0. The Morgan fingerprint density at radius 3 is 3.00 bits per heavy atom. The number of piperidine rings is 1. The molecule has 24 heavy (non-hydrogen) atoms. The number of carbonyl (C=O) groups is 2. The number of furan rings is 1. The molecule has 3 rings (SSSR count). The van der Waals surface area contributed by atoms with E-state index in [1.807, 2.05) is 13.0 Å². The first kappa shape index (κ1) is 16.7. The van der Waals surface area contributed by atoms with Crippen molar-refractivity contribution in [1.29, 1.82) is 0 Å². The molecule has 2 amide bonds. The maximum absolute atomic E-state index is 12.4. The minimum atomic E-state index is -0.318. The number of rotatable bonds is 5. The third-order valence-electron chi connectivity index (χ3n) is 4.06. The largest absolute Gasteiger partial charge is 0.459 e. The van der Waals surface area contributed by atoms with E-state index >= 15 is 0 Å². The first-order valence-corrected chi connectivity index (χ1v) is 8.89. The summed E-state index contributed by atoms with van der Waals surface area (Å²) in [5, 5.41) is 9.75. The van der Waals surface area contributed by atoms with Crippen molar-refractivity contribution >= 4 is 28.2 Å². The van der Waals surface area contributed by atoms with Crippen LogP contribution in [0.4, 0.5) is 5.00 Å². The maximum atomic E-state index is 12.4. The van der Waals surface area contributed by atoms with Crippen molar-refractivity contribution in [1.82, 2.24) is 10.6 Å². The molecule has 3 heterocycles. The van der Waals surface area contributed by atoms with Crippen LogP contribution in [0.15, 0.2) is 28.9 Å². The molecule has 0 aliphatic carbocycles. The van der Waals surface area contributed by atoms with E-state index in [4.69, 9.17) is 4.42 Å². The highest BCUT2D eigenvalue weighted by molar-refractivity contribution is 7.18. The van der Waals surface area contributed by atoms with Crippen LogP contribution in [-0.2, 0) is 0 Å². The molecular weight excluding hydrogens is 326 g/mol. The zero-order valence-electron chi connectivity index (χ0n) is 13.6. The van der Waals surface area contributed by atoms with Gasteiger partial charge in [0, 0.05) is 6.54 Å². The van der Waals surface area contributed by atoms with Gasteiger partial charge in [0.05, 0.1) is 16.1 Å². The number of hydrogen-bond acceptors (Lipinski definition) is 5. The minimum Gasteiger partial charge on any atom is -0.459 e. The average molecular weight is 347 g/mol. The number of aryl methyl sites for hydroxylation is 1. The standard InChI is InChI=1S/C17H21N3O3S/c1-11-8-14(20-16(21)13-5-3-7-23-13)24-15(11)17(22)19-10-12-4-2-6-18-9-12/h3,5,7-8,12,18H,2,4,6,9-10H2,1H3,(H,19,22)(H,20,21). The van der Waals surface area contributed by atoms with Crippen LogP contribution in [0.3, 0.4) is 0 Å². The highest BCUT2D eigenvalue weighted by atomic mass is 32.1. The smallest absolute Gasteiger partial charge is 0.291 e. The second kappa shape index (κ2) is 7.63. The van der Waals surface area contributed by atoms with Gasteiger partial charge in [0.2, 0.25) is 0 Å². The van der Waals surface area contributed by atoms with Gasteiger partial charge in [-0.05, 0) is 62.5 Å². The summed E-state index contributed by atoms with van der Waals surface area (Å²) in [4.78, 5) is 25.0. The predicted molar refractivity (Wildman–Crippen MR) is 93.6 cm³/mol. The summed E-state index contributed by atoms with van der Waals surface area (Å²) >= 11 is 1.28. The van der Waals surface area contributed by atoms with E-state index in [2.05, 4.69) is 16.0 Å². The van der Waals surface area contributed by atoms with Gasteiger partial charge in [-0.1, -0.05) is 0 Å². The minimum absolute atomic E-state index is 0.0819. The molecule has 0 bridgehead atoms. The quantitative estimate of drug-likeness (QED) is 0.776. The van der Waals surface area contributed by atoms with E-state index in [1.165, 1.54) is 17.6 Å². The fraction of sp³-hybridized carbons (Fsp3) is 0.412. The van der Waals surface area contributed by atoms with Crippen LogP contribution in [-0.4, -0.2) is 31.4 Å². The molecule has 1 fully saturated rings. The zero-order valence-corrected chi connectivity index (χ0v) is 14.4. The van der Waals surface area contributed by atoms with E-state index < -0.39 is 0 Å². The first-order valence-electron chi connectivity index (χ1n) is 8.07. The van der Waals surface area contributed by atoms with Gasteiger partial charge in [-0.15, -0.1) is 11.3 Å². The Hall–Kier alpha value is -2.12. The van der Waals surface area contributed by atoms with Crippen LogP contribution in [0.2, 0.25) is 0 Å². The SMILES string of the molecule is Cc1cc(NC(=O)c2ccco2)sc1C(=O)NCC1CCCNC1. The molecule has 0 spiro atoms. The molecule has 1 atom stereocenters. The molecule has 2 aromatic rings. The molecule has 0 radical (unpaired) electrons. The fourth-order valence-electron chi connectivity index (χ4n) is 2.77. The van der Waals surface area contributed by atoms with Gasteiger partial charge in [0.25, 0.3) is 11.8 Å². The first-order chi connectivity index (χ1) is 11.6. The zero-order chi connectivity index (χ0) is 16.9. The molecule has 2 aromatic heterocycles. The third kappa shape index (κ3) is 4.04. The van der Waals surface area contributed by atoms with E-state index in [-0.39, 0.29) is 17.6 Å². The third-order valence-corrected chi connectivity index (χ3v) is 5.21. The maximum Gasteiger partial charge on any atom is 0.291 e. The van der Waals surface area contributed by atoms with Crippen LogP contribution in [0, 0.1) is 12.8 Å². The monoisotopic (exact) mass is 347 g/mol. The van der Waals surface area contributed by atoms with Gasteiger partial charge in [-0.2, -0.15) is 0 Å². The number of thiophene rings is 1. The Kier molecular flexibility index (Phi) is 5.32. The molecule has 6 nitrogen and oxygen atoms in total. The van der Waals surface area contributed by atoms with E-state index in [0.29, 0.717) is 22.3 Å². The normalized spacial score (nSPS) is 17.5. The second-order valence-corrected chi connectivity index (χ2v) is 7.03. The van der Waals surface area contributed by atoms with E-state index in [0.717, 1.165) is 31.5 Å². The van der Waals surface area contributed by atoms with Crippen molar-refractivity contribution in [2.24, 2.45) is 5.92 Å². The summed E-state index contributed by atoms with van der Waals surface area (Å²) in [5.74, 6) is 0.334. The van der Waals surface area contributed by atoms with Crippen LogP contribution in [0.1, 0.15) is 38.6 Å². The highest BCUT2D eigenvalue weighted by Crippen LogP contribution is 2.27. The number of anilines is 1. The summed E-state index contributed by atoms with van der Waals surface area (Å²) < 4.78 is 5.07. The summed E-state index contributed by atoms with van der Waals surface area (Å²) in [6.07, 6.45) is 3.75. The Morgan fingerprint density at radius 1 is 1.42 bits per heavy atom. The van der Waals surface area contributed by atoms with Gasteiger partial charge in [0.15, 0.2) is 5.76 Å². The van der Waals surface area contributed by atoms with Crippen LogP contribution in [0.5, 0.6) is 0 Å². The Morgan fingerprint density at radius 2 is 2.29 bits per heavy atom. The summed E-state index contributed by atoms with van der Waals surface area (Å²) in [6.45, 7) is 4.56. The topological polar surface area (TPSA) is 83.4 Å². The van der Waals surface area contributed by atoms with Crippen molar-refractivity contribution in [2.45, 2.75) is 19.8 Å². The Labute approximate surface area is 144 Å². The summed E-state index contributed by atoms with van der Waals surface area (Å²) in [5.41, 5.74) is 0.856. The van der Waals surface area contributed by atoms with Gasteiger partial charge in [-0.25, -0.2) is 0 Å². The second-order valence-electron chi connectivity index (χ2n) is 5.98. The molecule has 1 aliphatic rings. The van der Waals surface area contributed by atoms with Crippen molar-refractivity contribution in [3.63, 3.8) is 0 Å². The van der Waals surface area contributed by atoms with E-state index in [1.54, 1.807) is 12.1 Å². The summed E-state index contributed by atoms with van der Waals surface area (Å²) in [6, 6.07) is 5.07. The lowest BCUT2D eigenvalue weighted by molar-refractivity contribution is 0.0947. The number of carbonyl (C=O) groups excluding carboxylic acids is 2. The van der Waals surface area contributed by atoms with Gasteiger partial charge in [-0.3, -0.25) is 9.59 Å². The molecule has 1 unspecified atom stereocenters. The van der Waals surface area contributed by atoms with Crippen molar-refractivity contribution in [3.05, 3.63) is 40.7 Å². The van der Waals surface area contributed by atoms with Crippen LogP contribution in [0.25, 0.3) is 0 Å². The average Bonchev–Trinajstić information content (AvgIpc) is 3.23. The van der Waals surface area contributed by atoms with Gasteiger partial charge >= 0.3 is 0 Å². The Balaban J connectivity index is 1.58. The Bertz CT molecular complexity index is 703. The molecule has 0 aromatic carbocycles. The number of nitrogens with one attached hydrogen (secondary N) is 3.